The van der Waals surface area contributed by atoms with Gasteiger partial charge < -0.3 is 9.11 Å². The van der Waals surface area contributed by atoms with Crippen molar-refractivity contribution in [3.05, 3.63) is 35.9 Å². The first-order valence-electron chi connectivity index (χ1n) is 3.64. The van der Waals surface area contributed by atoms with E-state index >= 15 is 0 Å². The molecule has 1 aromatic rings. The van der Waals surface area contributed by atoms with Gasteiger partial charge in [-0.15, -0.1) is 0 Å². The van der Waals surface area contributed by atoms with Gasteiger partial charge in [0.25, 0.3) is 0 Å². The third-order valence-electron chi connectivity index (χ3n) is 1.25. The molecule has 0 fully saturated rings. The average molecular weight is 248 g/mol. The molecule has 0 amide bonds. The Hall–Kier alpha value is 1.09. The van der Waals surface area contributed by atoms with Gasteiger partial charge in [-0.2, -0.15) is 0 Å². The Kier molecular flexibility index (Phi) is 16.5. The van der Waals surface area contributed by atoms with E-state index < -0.39 is 10.4 Å². The van der Waals surface area contributed by atoms with Crippen LogP contribution in [0, 0.1) is 0 Å². The van der Waals surface area contributed by atoms with Crippen LogP contribution < -0.4 is 59.1 Å². The van der Waals surface area contributed by atoms with E-state index in [1.54, 1.807) is 0 Å². The van der Waals surface area contributed by atoms with Crippen molar-refractivity contribution >= 4 is 10.4 Å². The first-order chi connectivity index (χ1) is 5.93. The zero-order valence-electron chi connectivity index (χ0n) is 9.14. The fourth-order valence-corrected chi connectivity index (χ4v) is 0.714. The number of rotatable bonds is 1. The van der Waals surface area contributed by atoms with Crippen molar-refractivity contribution in [1.82, 2.24) is 0 Å². The Morgan fingerprint density at radius 3 is 1.60 bits per heavy atom. The minimum atomic E-state index is -5.17. The van der Waals surface area contributed by atoms with Gasteiger partial charge in [0.05, 0.1) is 0 Å². The predicted molar refractivity (Wildman–Crippen MR) is 46.3 cm³/mol. The van der Waals surface area contributed by atoms with E-state index in [4.69, 9.17) is 17.5 Å². The molecular weight excluding hydrogens is 238 g/mol. The molecule has 15 heavy (non-hydrogen) atoms. The molecular formula is C8H10Na2O4S. The summed E-state index contributed by atoms with van der Waals surface area (Å²) in [7, 11) is -5.17. The van der Waals surface area contributed by atoms with Crippen LogP contribution in [0.25, 0.3) is 0 Å². The van der Waals surface area contributed by atoms with Crippen molar-refractivity contribution in [3.8, 4) is 0 Å². The molecule has 1 rings (SSSR count). The van der Waals surface area contributed by atoms with Crippen LogP contribution in [-0.4, -0.2) is 17.5 Å². The Morgan fingerprint density at radius 1 is 1.07 bits per heavy atom. The Morgan fingerprint density at radius 2 is 1.40 bits per heavy atom. The molecule has 0 saturated heterocycles. The Bertz CT molecular complexity index is 318. The second kappa shape index (κ2) is 11.6. The van der Waals surface area contributed by atoms with Crippen LogP contribution in [0.15, 0.2) is 30.3 Å². The summed E-state index contributed by atoms with van der Waals surface area (Å²) >= 11 is 0. The van der Waals surface area contributed by atoms with Crippen LogP contribution in [0.1, 0.15) is 12.5 Å². The van der Waals surface area contributed by atoms with E-state index in [1.165, 1.54) is 5.56 Å². The van der Waals surface area contributed by atoms with Gasteiger partial charge in [-0.05, 0) is 12.0 Å². The van der Waals surface area contributed by atoms with Crippen LogP contribution in [0.2, 0.25) is 0 Å². The molecule has 74 valence electrons. The Labute approximate surface area is 135 Å². The summed E-state index contributed by atoms with van der Waals surface area (Å²) in [6.07, 6.45) is 1.14. The fourth-order valence-electron chi connectivity index (χ4n) is 0.714. The molecule has 0 aromatic heterocycles. The molecule has 0 N–H and O–H groups in total. The van der Waals surface area contributed by atoms with E-state index in [9.17, 15) is 0 Å². The molecule has 0 unspecified atom stereocenters. The molecule has 0 atom stereocenters. The van der Waals surface area contributed by atoms with Crippen molar-refractivity contribution in [2.75, 3.05) is 0 Å². The van der Waals surface area contributed by atoms with Gasteiger partial charge >= 0.3 is 59.1 Å². The fraction of sp³-hybridized carbons (Fsp3) is 0.250. The van der Waals surface area contributed by atoms with Crippen molar-refractivity contribution in [3.63, 3.8) is 0 Å². The van der Waals surface area contributed by atoms with Crippen LogP contribution in [-0.2, 0) is 16.8 Å². The first-order valence-corrected chi connectivity index (χ1v) is 4.97. The van der Waals surface area contributed by atoms with Gasteiger partial charge in [0, 0.05) is 10.4 Å². The number of hydrogen-bond acceptors (Lipinski definition) is 4. The van der Waals surface area contributed by atoms with E-state index in [0.717, 1.165) is 6.42 Å². The molecule has 0 aliphatic heterocycles. The van der Waals surface area contributed by atoms with E-state index in [0.29, 0.717) is 0 Å². The largest absolute Gasteiger partial charge is 1.00 e. The van der Waals surface area contributed by atoms with Gasteiger partial charge in [-0.3, -0.25) is 8.42 Å². The molecule has 0 bridgehead atoms. The second-order valence-electron chi connectivity index (χ2n) is 2.25. The van der Waals surface area contributed by atoms with Crippen molar-refractivity contribution in [2.45, 2.75) is 13.3 Å². The smallest absolute Gasteiger partial charge is 0.759 e. The molecule has 0 saturated carbocycles. The number of hydrogen-bond donors (Lipinski definition) is 0. The molecule has 4 nitrogen and oxygen atoms in total. The summed E-state index contributed by atoms with van der Waals surface area (Å²) in [5.74, 6) is 0. The van der Waals surface area contributed by atoms with Crippen LogP contribution in [0.3, 0.4) is 0 Å². The van der Waals surface area contributed by atoms with Gasteiger partial charge in [0.1, 0.15) is 0 Å². The van der Waals surface area contributed by atoms with Crippen molar-refractivity contribution < 1.29 is 76.6 Å². The van der Waals surface area contributed by atoms with Crippen molar-refractivity contribution in [1.29, 1.82) is 0 Å². The maximum atomic E-state index is 8.52. The topological polar surface area (TPSA) is 80.3 Å². The summed E-state index contributed by atoms with van der Waals surface area (Å²) in [5, 5.41) is 0. The summed E-state index contributed by atoms with van der Waals surface area (Å²) < 4.78 is 34.1. The summed E-state index contributed by atoms with van der Waals surface area (Å²) in [5.41, 5.74) is 1.41. The van der Waals surface area contributed by atoms with Gasteiger partial charge in [-0.1, -0.05) is 37.3 Å². The number of benzene rings is 1. The predicted octanol–water partition coefficient (Wildman–Crippen LogP) is -5.08. The SMILES string of the molecule is CCc1ccccc1.O=S(=O)([O-])[O-].[Na+].[Na+]. The third-order valence-corrected chi connectivity index (χ3v) is 1.25. The molecule has 7 heteroatoms. The summed E-state index contributed by atoms with van der Waals surface area (Å²) in [6, 6.07) is 10.5. The molecule has 0 heterocycles. The zero-order valence-corrected chi connectivity index (χ0v) is 14.0. The molecule has 0 aliphatic rings. The maximum Gasteiger partial charge on any atom is 1.00 e. The van der Waals surface area contributed by atoms with Crippen LogP contribution in [0.4, 0.5) is 0 Å². The van der Waals surface area contributed by atoms with E-state index in [1.807, 2.05) is 6.07 Å². The van der Waals surface area contributed by atoms with Crippen LogP contribution >= 0.6 is 0 Å². The second-order valence-corrected chi connectivity index (χ2v) is 3.06. The minimum absolute atomic E-state index is 0. The maximum absolute atomic E-state index is 8.52. The first kappa shape index (κ1) is 21.4. The molecule has 0 aliphatic carbocycles. The summed E-state index contributed by atoms with van der Waals surface area (Å²) in [4.78, 5) is 0. The zero-order chi connectivity index (χ0) is 10.3. The van der Waals surface area contributed by atoms with Gasteiger partial charge in [0.2, 0.25) is 0 Å². The normalized spacial score (nSPS) is 8.73. The van der Waals surface area contributed by atoms with E-state index in [-0.39, 0.29) is 59.1 Å². The van der Waals surface area contributed by atoms with Gasteiger partial charge in [0.15, 0.2) is 0 Å². The monoisotopic (exact) mass is 248 g/mol. The van der Waals surface area contributed by atoms with E-state index in [2.05, 4.69) is 31.2 Å². The molecule has 1 aromatic carbocycles. The number of aryl methyl sites for hydroxylation is 1. The Balaban J connectivity index is -0.000000185. The van der Waals surface area contributed by atoms with Gasteiger partial charge in [-0.25, -0.2) is 0 Å². The summed E-state index contributed by atoms with van der Waals surface area (Å²) in [6.45, 7) is 2.16. The minimum Gasteiger partial charge on any atom is -0.759 e. The molecule has 0 spiro atoms. The molecule has 0 radical (unpaired) electrons. The average Bonchev–Trinajstić information content (AvgIpc) is 2.03. The third kappa shape index (κ3) is 21.0. The van der Waals surface area contributed by atoms with Crippen LogP contribution in [0.5, 0.6) is 0 Å². The standard InChI is InChI=1S/C8H10.2Na.H2O4S/c1-2-8-6-4-3-5-7-8;;;1-5(2,3)4/h3-7H,2H2,1H3;;;(H2,1,2,3,4)/q;2*+1;/p-2. The van der Waals surface area contributed by atoms with Crippen molar-refractivity contribution in [2.24, 2.45) is 0 Å². The quantitative estimate of drug-likeness (QED) is 0.283.